The van der Waals surface area contributed by atoms with Crippen LogP contribution in [0.5, 0.6) is 0 Å². The number of piperidine rings is 1. The minimum atomic E-state index is -0.180. The van der Waals surface area contributed by atoms with Gasteiger partial charge in [0.1, 0.15) is 5.76 Å². The topological polar surface area (TPSA) is 101 Å². The van der Waals surface area contributed by atoms with Crippen molar-refractivity contribution in [2.45, 2.75) is 82.8 Å². The molecule has 3 N–H and O–H groups in total. The smallest absolute Gasteiger partial charge is 0.273 e. The van der Waals surface area contributed by atoms with E-state index < -0.39 is 0 Å². The molecule has 7 nitrogen and oxygen atoms in total. The third-order valence-corrected chi connectivity index (χ3v) is 6.76. The van der Waals surface area contributed by atoms with Crippen LogP contribution in [0.15, 0.2) is 10.6 Å². The normalized spacial score (nSPS) is 33.5. The number of rotatable bonds is 4. The number of amides is 2. The Morgan fingerprint density at radius 3 is 2.57 bits per heavy atom. The summed E-state index contributed by atoms with van der Waals surface area (Å²) in [7, 11) is 0. The lowest BCUT2D eigenvalue weighted by molar-refractivity contribution is -0.141. The number of hydrogen-bond acceptors (Lipinski definition) is 5. The Bertz CT molecular complexity index is 721. The second-order valence-corrected chi connectivity index (χ2v) is 9.13. The van der Waals surface area contributed by atoms with E-state index in [4.69, 9.17) is 10.3 Å². The fourth-order valence-electron chi connectivity index (χ4n) is 4.65. The van der Waals surface area contributed by atoms with Gasteiger partial charge in [0.05, 0.1) is 0 Å². The summed E-state index contributed by atoms with van der Waals surface area (Å²) >= 11 is 0. The van der Waals surface area contributed by atoms with Crippen LogP contribution in [0.2, 0.25) is 0 Å². The molecule has 0 bridgehead atoms. The highest BCUT2D eigenvalue weighted by Crippen LogP contribution is 2.40. The van der Waals surface area contributed by atoms with Gasteiger partial charge in [0.15, 0.2) is 5.69 Å². The molecule has 1 saturated heterocycles. The average molecular weight is 389 g/mol. The number of hydrogen-bond donors (Lipinski definition) is 2. The number of carbonyl (C=O) groups excluding carboxylic acids is 2. The molecule has 1 aliphatic heterocycles. The summed E-state index contributed by atoms with van der Waals surface area (Å²) in [6.45, 7) is 4.87. The Labute approximate surface area is 166 Å². The first-order chi connectivity index (χ1) is 13.4. The highest BCUT2D eigenvalue weighted by molar-refractivity contribution is 5.92. The van der Waals surface area contributed by atoms with Crippen molar-refractivity contribution in [2.24, 2.45) is 17.6 Å². The summed E-state index contributed by atoms with van der Waals surface area (Å²) in [5.41, 5.74) is 6.34. The largest absolute Gasteiger partial charge is 0.360 e. The molecule has 3 atom stereocenters. The molecule has 0 aromatic carbocycles. The van der Waals surface area contributed by atoms with Crippen molar-refractivity contribution in [1.29, 1.82) is 0 Å². The van der Waals surface area contributed by atoms with Crippen molar-refractivity contribution in [2.75, 3.05) is 6.54 Å². The Morgan fingerprint density at radius 2 is 1.89 bits per heavy atom. The number of carbonyl (C=O) groups is 2. The zero-order chi connectivity index (χ0) is 19.8. The van der Waals surface area contributed by atoms with E-state index in [9.17, 15) is 9.59 Å². The highest BCUT2D eigenvalue weighted by atomic mass is 16.5. The standard InChI is InChI=1S/C21H32N4O3/c1-12-11-25(21(27)15-5-7-16(22)8-6-15)13(2)9-17(12)23-20(26)18-10-19(28-24-18)14-3-4-14/h10,12-17H,3-9,11,22H2,1-2H3,(H,23,26)/t12-,13-,15?,16?,17+/m1/s1. The summed E-state index contributed by atoms with van der Waals surface area (Å²) in [4.78, 5) is 27.6. The first-order valence-corrected chi connectivity index (χ1v) is 10.8. The third kappa shape index (κ3) is 4.09. The van der Waals surface area contributed by atoms with Gasteiger partial charge in [-0.15, -0.1) is 0 Å². The first-order valence-electron chi connectivity index (χ1n) is 10.8. The molecule has 4 rings (SSSR count). The van der Waals surface area contributed by atoms with Gasteiger partial charge in [-0.2, -0.15) is 0 Å². The minimum Gasteiger partial charge on any atom is -0.360 e. The van der Waals surface area contributed by atoms with Crippen molar-refractivity contribution >= 4 is 11.8 Å². The molecule has 154 valence electrons. The molecule has 3 fully saturated rings. The molecule has 7 heteroatoms. The van der Waals surface area contributed by atoms with Crippen molar-refractivity contribution in [3.8, 4) is 0 Å². The number of nitrogens with zero attached hydrogens (tertiary/aromatic N) is 2. The van der Waals surface area contributed by atoms with E-state index >= 15 is 0 Å². The minimum absolute atomic E-state index is 0.0346. The third-order valence-electron chi connectivity index (χ3n) is 6.76. The fourth-order valence-corrected chi connectivity index (χ4v) is 4.65. The van der Waals surface area contributed by atoms with Crippen molar-refractivity contribution in [3.63, 3.8) is 0 Å². The van der Waals surface area contributed by atoms with E-state index in [1.807, 2.05) is 4.90 Å². The van der Waals surface area contributed by atoms with Gasteiger partial charge in [0.25, 0.3) is 5.91 Å². The Balaban J connectivity index is 1.33. The summed E-state index contributed by atoms with van der Waals surface area (Å²) in [5, 5.41) is 7.05. The SMILES string of the molecule is C[C@@H]1CN(C(=O)C2CCC(N)CC2)[C@H](C)C[C@@H]1NC(=O)c1cc(C2CC2)on1. The van der Waals surface area contributed by atoms with E-state index in [0.29, 0.717) is 18.2 Å². The zero-order valence-electron chi connectivity index (χ0n) is 16.9. The van der Waals surface area contributed by atoms with Crippen LogP contribution < -0.4 is 11.1 Å². The molecule has 0 unspecified atom stereocenters. The average Bonchev–Trinajstić information content (AvgIpc) is 3.41. The van der Waals surface area contributed by atoms with Gasteiger partial charge in [-0.05, 0) is 57.8 Å². The van der Waals surface area contributed by atoms with Crippen LogP contribution in [0.4, 0.5) is 0 Å². The van der Waals surface area contributed by atoms with Gasteiger partial charge >= 0.3 is 0 Å². The lowest BCUT2D eigenvalue weighted by Crippen LogP contribution is -2.56. The molecule has 1 aromatic rings. The van der Waals surface area contributed by atoms with Crippen molar-refractivity contribution in [3.05, 3.63) is 17.5 Å². The highest BCUT2D eigenvalue weighted by Gasteiger charge is 2.38. The van der Waals surface area contributed by atoms with Crippen molar-refractivity contribution < 1.29 is 14.1 Å². The lowest BCUT2D eigenvalue weighted by Gasteiger charge is -2.43. The molecule has 0 radical (unpaired) electrons. The van der Waals surface area contributed by atoms with Crippen LogP contribution in [0, 0.1) is 11.8 Å². The van der Waals surface area contributed by atoms with Gasteiger partial charge < -0.3 is 20.5 Å². The van der Waals surface area contributed by atoms with E-state index in [1.165, 1.54) is 0 Å². The summed E-state index contributed by atoms with van der Waals surface area (Å²) < 4.78 is 5.30. The molecule has 2 saturated carbocycles. The Morgan fingerprint density at radius 1 is 1.18 bits per heavy atom. The van der Waals surface area contributed by atoms with Gasteiger partial charge in [-0.1, -0.05) is 12.1 Å². The van der Waals surface area contributed by atoms with Crippen LogP contribution >= 0.6 is 0 Å². The molecule has 3 aliphatic rings. The quantitative estimate of drug-likeness (QED) is 0.825. The Hall–Kier alpha value is -1.89. The summed E-state index contributed by atoms with van der Waals surface area (Å²) in [6.07, 6.45) is 6.66. The van der Waals surface area contributed by atoms with E-state index in [0.717, 1.165) is 50.7 Å². The summed E-state index contributed by atoms with van der Waals surface area (Å²) in [5.74, 6) is 1.65. The number of nitrogens with two attached hydrogens (primary N) is 1. The molecule has 1 aromatic heterocycles. The van der Waals surface area contributed by atoms with E-state index in [-0.39, 0.29) is 41.8 Å². The number of aromatic nitrogens is 1. The Kier molecular flexibility index (Phi) is 5.45. The molecular weight excluding hydrogens is 356 g/mol. The van der Waals surface area contributed by atoms with Gasteiger partial charge in [0.2, 0.25) is 5.91 Å². The van der Waals surface area contributed by atoms with Gasteiger partial charge in [-0.25, -0.2) is 0 Å². The maximum absolute atomic E-state index is 13.0. The predicted molar refractivity (Wildman–Crippen MR) is 105 cm³/mol. The maximum atomic E-state index is 13.0. The second kappa shape index (κ2) is 7.85. The second-order valence-electron chi connectivity index (χ2n) is 9.13. The predicted octanol–water partition coefficient (Wildman–Crippen LogP) is 2.42. The van der Waals surface area contributed by atoms with Crippen molar-refractivity contribution in [1.82, 2.24) is 15.4 Å². The van der Waals surface area contributed by atoms with E-state index in [1.54, 1.807) is 6.07 Å². The van der Waals surface area contributed by atoms with Gasteiger partial charge in [-0.3, -0.25) is 9.59 Å². The monoisotopic (exact) mass is 388 g/mol. The molecule has 2 amide bonds. The maximum Gasteiger partial charge on any atom is 0.273 e. The first kappa shape index (κ1) is 19.4. The molecule has 0 spiro atoms. The molecule has 28 heavy (non-hydrogen) atoms. The molecule has 2 heterocycles. The van der Waals surface area contributed by atoms with Crippen LogP contribution in [0.25, 0.3) is 0 Å². The molecule has 2 aliphatic carbocycles. The van der Waals surface area contributed by atoms with Crippen LogP contribution in [0.3, 0.4) is 0 Å². The van der Waals surface area contributed by atoms with Gasteiger partial charge in [0, 0.05) is 42.6 Å². The fraction of sp³-hybridized carbons (Fsp3) is 0.762. The lowest BCUT2D eigenvalue weighted by atomic mass is 9.83. The van der Waals surface area contributed by atoms with E-state index in [2.05, 4.69) is 24.3 Å². The number of likely N-dealkylation sites (tertiary alicyclic amines) is 1. The molecular formula is C21H32N4O3. The summed E-state index contributed by atoms with van der Waals surface area (Å²) in [6, 6.07) is 2.17. The zero-order valence-corrected chi connectivity index (χ0v) is 16.9. The van der Waals surface area contributed by atoms with Crippen LogP contribution in [-0.2, 0) is 4.79 Å². The number of nitrogens with one attached hydrogen (secondary N) is 1. The van der Waals surface area contributed by atoms with Crippen LogP contribution in [-0.4, -0.2) is 46.5 Å². The van der Waals surface area contributed by atoms with Crippen LogP contribution in [0.1, 0.15) is 81.0 Å².